The summed E-state index contributed by atoms with van der Waals surface area (Å²) < 4.78 is 12.5. The maximum atomic E-state index is 12.5. The number of hydrogen-bond acceptors (Lipinski definition) is 3. The van der Waals surface area contributed by atoms with Crippen LogP contribution in [0.5, 0.6) is 0 Å². The molecule has 0 atom stereocenters. The highest BCUT2D eigenvalue weighted by atomic mass is 19.1. The zero-order chi connectivity index (χ0) is 11.0. The van der Waals surface area contributed by atoms with E-state index in [-0.39, 0.29) is 13.6 Å². The number of benzene rings is 1. The van der Waals surface area contributed by atoms with Crippen LogP contribution in [-0.2, 0) is 0 Å². The summed E-state index contributed by atoms with van der Waals surface area (Å²) in [5.74, 6) is -0.671. The van der Waals surface area contributed by atoms with E-state index in [4.69, 9.17) is 10.0 Å². The first kappa shape index (κ1) is 12.6. The highest BCUT2D eigenvalue weighted by Crippen LogP contribution is 2.02. The van der Waals surface area contributed by atoms with E-state index < -0.39 is 5.82 Å². The molecule has 75 valence electrons. The predicted molar refractivity (Wildman–Crippen MR) is 50.0 cm³/mol. The van der Waals surface area contributed by atoms with Crippen LogP contribution in [0.2, 0.25) is 0 Å². The third kappa shape index (κ3) is 4.59. The van der Waals surface area contributed by atoms with E-state index >= 15 is 0 Å². The van der Waals surface area contributed by atoms with E-state index in [9.17, 15) is 9.18 Å². The lowest BCUT2D eigenvalue weighted by molar-refractivity contribution is 0.0962. The van der Waals surface area contributed by atoms with Crippen LogP contribution in [0.1, 0.15) is 10.4 Å². The zero-order valence-electron chi connectivity index (χ0n) is 7.57. The SMILES string of the molecule is CNC(=O)c1cccc(F)c1.O[B]O. The molecule has 0 aliphatic heterocycles. The molecule has 0 aliphatic carbocycles. The van der Waals surface area contributed by atoms with Gasteiger partial charge in [-0.05, 0) is 18.2 Å². The number of nitrogens with one attached hydrogen (secondary N) is 1. The maximum Gasteiger partial charge on any atom is 0.482 e. The zero-order valence-corrected chi connectivity index (χ0v) is 7.57. The lowest BCUT2D eigenvalue weighted by Gasteiger charge is -1.97. The molecule has 0 bridgehead atoms. The molecule has 0 saturated carbocycles. The van der Waals surface area contributed by atoms with E-state index in [1.165, 1.54) is 25.2 Å². The highest BCUT2D eigenvalue weighted by Gasteiger charge is 2.01. The fourth-order valence-corrected chi connectivity index (χ4v) is 0.774. The average molecular weight is 198 g/mol. The Bertz CT molecular complexity index is 296. The van der Waals surface area contributed by atoms with Gasteiger partial charge in [-0.15, -0.1) is 0 Å². The number of rotatable bonds is 1. The van der Waals surface area contributed by atoms with E-state index in [0.717, 1.165) is 0 Å². The molecular formula is C8H10BFNO3. The Morgan fingerprint density at radius 2 is 2.07 bits per heavy atom. The Labute approximate surface area is 81.7 Å². The molecule has 1 amide bonds. The van der Waals surface area contributed by atoms with Crippen LogP contribution in [-0.4, -0.2) is 30.7 Å². The van der Waals surface area contributed by atoms with Crippen molar-refractivity contribution in [2.75, 3.05) is 7.05 Å². The minimum Gasteiger partial charge on any atom is -0.429 e. The van der Waals surface area contributed by atoms with Gasteiger partial charge in [0.05, 0.1) is 0 Å². The molecule has 6 heteroatoms. The Hall–Kier alpha value is -1.40. The van der Waals surface area contributed by atoms with Gasteiger partial charge in [-0.25, -0.2) is 4.39 Å². The van der Waals surface area contributed by atoms with Crippen LogP contribution < -0.4 is 5.32 Å². The molecule has 0 aromatic heterocycles. The van der Waals surface area contributed by atoms with Crippen LogP contribution in [0.15, 0.2) is 24.3 Å². The molecule has 0 spiro atoms. The fourth-order valence-electron chi connectivity index (χ4n) is 0.774. The smallest absolute Gasteiger partial charge is 0.429 e. The summed E-state index contributed by atoms with van der Waals surface area (Å²) in [6, 6.07) is 5.55. The summed E-state index contributed by atoms with van der Waals surface area (Å²) in [7, 11) is 1.51. The van der Waals surface area contributed by atoms with Crippen LogP contribution in [0.3, 0.4) is 0 Å². The average Bonchev–Trinajstić information content (AvgIpc) is 2.18. The fraction of sp³-hybridized carbons (Fsp3) is 0.125. The van der Waals surface area contributed by atoms with Crippen molar-refractivity contribution in [3.63, 3.8) is 0 Å². The van der Waals surface area contributed by atoms with Crippen molar-refractivity contribution in [2.45, 2.75) is 0 Å². The van der Waals surface area contributed by atoms with Crippen molar-refractivity contribution in [1.82, 2.24) is 5.32 Å². The second-order valence-electron chi connectivity index (χ2n) is 2.20. The summed E-state index contributed by atoms with van der Waals surface area (Å²) in [4.78, 5) is 10.9. The van der Waals surface area contributed by atoms with Crippen LogP contribution in [0.4, 0.5) is 4.39 Å². The van der Waals surface area contributed by atoms with Gasteiger partial charge in [0, 0.05) is 12.6 Å². The number of carbonyl (C=O) groups is 1. The lowest BCUT2D eigenvalue weighted by atomic mass is 10.2. The summed E-state index contributed by atoms with van der Waals surface area (Å²) in [5.41, 5.74) is 0.340. The van der Waals surface area contributed by atoms with Crippen molar-refractivity contribution >= 4 is 13.6 Å². The molecule has 14 heavy (non-hydrogen) atoms. The normalized spacial score (nSPS) is 8.29. The van der Waals surface area contributed by atoms with Gasteiger partial charge in [-0.3, -0.25) is 4.79 Å². The first-order chi connectivity index (χ1) is 6.65. The van der Waals surface area contributed by atoms with Crippen molar-refractivity contribution in [3.05, 3.63) is 35.6 Å². The number of carbonyl (C=O) groups excluding carboxylic acids is 1. The summed E-state index contributed by atoms with van der Waals surface area (Å²) in [6.45, 7) is 0. The minimum atomic E-state index is -0.397. The second kappa shape index (κ2) is 7.05. The van der Waals surface area contributed by atoms with Crippen molar-refractivity contribution in [3.8, 4) is 0 Å². The monoisotopic (exact) mass is 198 g/mol. The quantitative estimate of drug-likeness (QED) is 0.542. The molecule has 1 rings (SSSR count). The van der Waals surface area contributed by atoms with Crippen molar-refractivity contribution in [1.29, 1.82) is 0 Å². The third-order valence-electron chi connectivity index (χ3n) is 1.31. The molecule has 1 aromatic rings. The van der Waals surface area contributed by atoms with E-state index in [2.05, 4.69) is 5.32 Å². The molecule has 0 heterocycles. The molecule has 0 saturated heterocycles. The van der Waals surface area contributed by atoms with Crippen molar-refractivity contribution in [2.24, 2.45) is 0 Å². The summed E-state index contributed by atoms with van der Waals surface area (Å²) in [5, 5.41) is 16.4. The van der Waals surface area contributed by atoms with Gasteiger partial charge in [0.15, 0.2) is 0 Å². The van der Waals surface area contributed by atoms with Crippen molar-refractivity contribution < 1.29 is 19.2 Å². The molecule has 1 aromatic carbocycles. The van der Waals surface area contributed by atoms with Gasteiger partial charge in [0.2, 0.25) is 0 Å². The first-order valence-corrected chi connectivity index (χ1v) is 3.73. The van der Waals surface area contributed by atoms with E-state index in [1.54, 1.807) is 6.07 Å². The van der Waals surface area contributed by atoms with E-state index in [0.29, 0.717) is 5.56 Å². The molecule has 0 aliphatic rings. The van der Waals surface area contributed by atoms with Crippen LogP contribution in [0.25, 0.3) is 0 Å². The Morgan fingerprint density at radius 3 is 2.50 bits per heavy atom. The first-order valence-electron chi connectivity index (χ1n) is 3.73. The van der Waals surface area contributed by atoms with Crippen LogP contribution >= 0.6 is 0 Å². The van der Waals surface area contributed by atoms with Gasteiger partial charge >= 0.3 is 7.69 Å². The van der Waals surface area contributed by atoms with Gasteiger partial charge in [0.1, 0.15) is 5.82 Å². The van der Waals surface area contributed by atoms with E-state index in [1.807, 2.05) is 0 Å². The highest BCUT2D eigenvalue weighted by molar-refractivity contribution is 6.13. The molecular weight excluding hydrogens is 188 g/mol. The maximum absolute atomic E-state index is 12.5. The van der Waals surface area contributed by atoms with Gasteiger partial charge in [0.25, 0.3) is 5.91 Å². The number of halogens is 1. The van der Waals surface area contributed by atoms with Gasteiger partial charge < -0.3 is 15.4 Å². The molecule has 0 unspecified atom stereocenters. The lowest BCUT2D eigenvalue weighted by Crippen LogP contribution is -2.17. The summed E-state index contributed by atoms with van der Waals surface area (Å²) in [6.07, 6.45) is 0. The van der Waals surface area contributed by atoms with Gasteiger partial charge in [-0.2, -0.15) is 0 Å². The number of hydrogen-bond donors (Lipinski definition) is 3. The third-order valence-corrected chi connectivity index (χ3v) is 1.31. The topological polar surface area (TPSA) is 69.6 Å². The minimum absolute atomic E-state index is 0. The molecule has 3 N–H and O–H groups in total. The Balaban J connectivity index is 0.000000500. The summed E-state index contributed by atoms with van der Waals surface area (Å²) >= 11 is 0. The Kier molecular flexibility index (Phi) is 6.35. The van der Waals surface area contributed by atoms with Crippen LogP contribution in [0, 0.1) is 5.82 Å². The molecule has 1 radical (unpaired) electrons. The Morgan fingerprint density at radius 1 is 1.50 bits per heavy atom. The molecule has 4 nitrogen and oxygen atoms in total. The second-order valence-corrected chi connectivity index (χ2v) is 2.20. The largest absolute Gasteiger partial charge is 0.482 e. The molecule has 0 fully saturated rings. The predicted octanol–water partition coefficient (Wildman–Crippen LogP) is -0.309. The number of amides is 1. The van der Waals surface area contributed by atoms with Gasteiger partial charge in [-0.1, -0.05) is 6.07 Å². The standard InChI is InChI=1S/C8H8FNO.BH2O2/c1-10-8(11)6-3-2-4-7(9)5-6;2-1-3/h2-5H,1H3,(H,10,11);2-3H.